The van der Waals surface area contributed by atoms with Crippen molar-refractivity contribution in [2.75, 3.05) is 6.54 Å². The molecule has 2 aliphatic rings. The monoisotopic (exact) mass is 196 g/mol. The van der Waals surface area contributed by atoms with Gasteiger partial charge in [-0.3, -0.25) is 0 Å². The molecule has 0 heterocycles. The molecule has 2 rings (SSSR count). The fraction of sp³-hybridized carbons (Fsp3) is 1.00. The average molecular weight is 196 g/mol. The summed E-state index contributed by atoms with van der Waals surface area (Å²) in [6, 6.07) is 1.28. The molecular formula is C12H24N2. The molecule has 0 bridgehead atoms. The molecular weight excluding hydrogens is 172 g/mol. The molecule has 0 radical (unpaired) electrons. The fourth-order valence-corrected chi connectivity index (χ4v) is 3.05. The average Bonchev–Trinajstić information content (AvgIpc) is 2.44. The zero-order valence-electron chi connectivity index (χ0n) is 9.55. The van der Waals surface area contributed by atoms with Crippen molar-refractivity contribution < 1.29 is 0 Å². The van der Waals surface area contributed by atoms with E-state index in [-0.39, 0.29) is 0 Å². The summed E-state index contributed by atoms with van der Waals surface area (Å²) in [4.78, 5) is 0. The van der Waals surface area contributed by atoms with Crippen LogP contribution in [0.2, 0.25) is 0 Å². The molecule has 0 spiro atoms. The third-order valence-corrected chi connectivity index (χ3v) is 3.87. The van der Waals surface area contributed by atoms with Gasteiger partial charge in [0.1, 0.15) is 0 Å². The lowest BCUT2D eigenvalue weighted by molar-refractivity contribution is 0.123. The van der Waals surface area contributed by atoms with Gasteiger partial charge in [0.15, 0.2) is 0 Å². The maximum absolute atomic E-state index is 5.89. The van der Waals surface area contributed by atoms with Crippen LogP contribution in [0.1, 0.15) is 46.0 Å². The highest BCUT2D eigenvalue weighted by molar-refractivity contribution is 4.92. The van der Waals surface area contributed by atoms with Crippen LogP contribution in [-0.4, -0.2) is 18.6 Å². The van der Waals surface area contributed by atoms with E-state index in [4.69, 9.17) is 5.73 Å². The molecule has 0 aliphatic heterocycles. The third-order valence-electron chi connectivity index (χ3n) is 3.87. The number of nitrogens with two attached hydrogens (primary N) is 1. The highest BCUT2D eigenvalue weighted by Crippen LogP contribution is 2.40. The van der Waals surface area contributed by atoms with Crippen LogP contribution < -0.4 is 11.1 Å². The van der Waals surface area contributed by atoms with Crippen molar-refractivity contribution in [1.29, 1.82) is 0 Å². The van der Waals surface area contributed by atoms with E-state index in [2.05, 4.69) is 19.2 Å². The second-order valence-corrected chi connectivity index (χ2v) is 6.12. The number of hydrogen-bond acceptors (Lipinski definition) is 2. The smallest absolute Gasteiger partial charge is 0.00773 e. The lowest BCUT2D eigenvalue weighted by Crippen LogP contribution is -2.47. The van der Waals surface area contributed by atoms with Crippen LogP contribution in [0, 0.1) is 11.3 Å². The molecule has 0 aromatic rings. The van der Waals surface area contributed by atoms with Crippen molar-refractivity contribution in [2.24, 2.45) is 17.1 Å². The van der Waals surface area contributed by atoms with Crippen molar-refractivity contribution in [2.45, 2.75) is 58.0 Å². The van der Waals surface area contributed by atoms with E-state index < -0.39 is 0 Å². The maximum atomic E-state index is 5.89. The normalized spacial score (nSPS) is 37.1. The standard InChI is InChI=1S/C12H24N2/c1-12(2)6-11(7-12)14-8-9-3-4-10(13)5-9/h9-11,14H,3-8,13H2,1-2H3. The summed E-state index contributed by atoms with van der Waals surface area (Å²) < 4.78 is 0. The summed E-state index contributed by atoms with van der Waals surface area (Å²) >= 11 is 0. The second kappa shape index (κ2) is 3.82. The Kier molecular flexibility index (Phi) is 2.85. The minimum Gasteiger partial charge on any atom is -0.328 e. The van der Waals surface area contributed by atoms with Crippen LogP contribution in [-0.2, 0) is 0 Å². The topological polar surface area (TPSA) is 38.0 Å². The van der Waals surface area contributed by atoms with Gasteiger partial charge in [-0.1, -0.05) is 13.8 Å². The van der Waals surface area contributed by atoms with E-state index in [0.29, 0.717) is 11.5 Å². The summed E-state index contributed by atoms with van der Waals surface area (Å²) in [7, 11) is 0. The zero-order valence-corrected chi connectivity index (χ0v) is 9.55. The molecule has 0 saturated heterocycles. The zero-order chi connectivity index (χ0) is 10.2. The van der Waals surface area contributed by atoms with E-state index in [9.17, 15) is 0 Å². The molecule has 2 nitrogen and oxygen atoms in total. The highest BCUT2D eigenvalue weighted by atomic mass is 14.9. The molecule has 0 aromatic carbocycles. The van der Waals surface area contributed by atoms with Gasteiger partial charge in [0.05, 0.1) is 0 Å². The third kappa shape index (κ3) is 2.48. The second-order valence-electron chi connectivity index (χ2n) is 6.12. The molecule has 2 atom stereocenters. The van der Waals surface area contributed by atoms with E-state index in [1.807, 2.05) is 0 Å². The summed E-state index contributed by atoms with van der Waals surface area (Å²) in [5.74, 6) is 0.855. The van der Waals surface area contributed by atoms with Gasteiger partial charge in [-0.2, -0.15) is 0 Å². The molecule has 2 unspecified atom stereocenters. The highest BCUT2D eigenvalue weighted by Gasteiger charge is 2.36. The molecule has 2 saturated carbocycles. The molecule has 14 heavy (non-hydrogen) atoms. The Bertz CT molecular complexity index is 192. The van der Waals surface area contributed by atoms with Crippen LogP contribution in [0.25, 0.3) is 0 Å². The molecule has 2 heteroatoms. The van der Waals surface area contributed by atoms with Crippen LogP contribution in [0.4, 0.5) is 0 Å². The first kappa shape index (κ1) is 10.4. The van der Waals surface area contributed by atoms with Crippen LogP contribution >= 0.6 is 0 Å². The van der Waals surface area contributed by atoms with E-state index in [1.54, 1.807) is 0 Å². The van der Waals surface area contributed by atoms with E-state index >= 15 is 0 Å². The van der Waals surface area contributed by atoms with Gasteiger partial charge in [0.2, 0.25) is 0 Å². The molecule has 2 aliphatic carbocycles. The van der Waals surface area contributed by atoms with Gasteiger partial charge in [-0.25, -0.2) is 0 Å². The minimum atomic E-state index is 0.486. The van der Waals surface area contributed by atoms with Crippen molar-refractivity contribution in [3.63, 3.8) is 0 Å². The van der Waals surface area contributed by atoms with E-state index in [1.165, 1.54) is 38.6 Å². The number of rotatable bonds is 3. The molecule has 0 amide bonds. The fourth-order valence-electron chi connectivity index (χ4n) is 3.05. The van der Waals surface area contributed by atoms with Crippen LogP contribution in [0.15, 0.2) is 0 Å². The Morgan fingerprint density at radius 3 is 2.50 bits per heavy atom. The molecule has 3 N–H and O–H groups in total. The molecule has 0 aromatic heterocycles. The van der Waals surface area contributed by atoms with Gasteiger partial charge >= 0.3 is 0 Å². The van der Waals surface area contributed by atoms with Gasteiger partial charge in [0.25, 0.3) is 0 Å². The molecule has 82 valence electrons. The molecule has 2 fully saturated rings. The summed E-state index contributed by atoms with van der Waals surface area (Å²) in [5, 5.41) is 3.68. The Morgan fingerprint density at radius 2 is 2.00 bits per heavy atom. The van der Waals surface area contributed by atoms with Gasteiger partial charge in [-0.15, -0.1) is 0 Å². The van der Waals surface area contributed by atoms with Crippen LogP contribution in [0.5, 0.6) is 0 Å². The van der Waals surface area contributed by atoms with Gasteiger partial charge in [-0.05, 0) is 50.0 Å². The van der Waals surface area contributed by atoms with E-state index in [0.717, 1.165) is 12.0 Å². The first-order valence-electron chi connectivity index (χ1n) is 6.04. The van der Waals surface area contributed by atoms with Crippen molar-refractivity contribution >= 4 is 0 Å². The minimum absolute atomic E-state index is 0.486. The quantitative estimate of drug-likeness (QED) is 0.723. The maximum Gasteiger partial charge on any atom is 0.00773 e. The Labute approximate surface area is 87.6 Å². The SMILES string of the molecule is CC1(C)CC(NCC2CCC(N)C2)C1. The summed E-state index contributed by atoms with van der Waals surface area (Å²) in [5.41, 5.74) is 6.49. The summed E-state index contributed by atoms with van der Waals surface area (Å²) in [6.07, 6.45) is 6.52. The Morgan fingerprint density at radius 1 is 1.29 bits per heavy atom. The van der Waals surface area contributed by atoms with Crippen molar-refractivity contribution in [1.82, 2.24) is 5.32 Å². The lowest BCUT2D eigenvalue weighted by Gasteiger charge is -2.43. The van der Waals surface area contributed by atoms with Crippen LogP contribution in [0.3, 0.4) is 0 Å². The van der Waals surface area contributed by atoms with Crippen molar-refractivity contribution in [3.8, 4) is 0 Å². The number of nitrogens with one attached hydrogen (secondary N) is 1. The Hall–Kier alpha value is -0.0800. The van der Waals surface area contributed by atoms with Gasteiger partial charge in [0, 0.05) is 12.1 Å². The first-order valence-corrected chi connectivity index (χ1v) is 6.04. The predicted molar refractivity (Wildman–Crippen MR) is 60.1 cm³/mol. The van der Waals surface area contributed by atoms with Crippen molar-refractivity contribution in [3.05, 3.63) is 0 Å². The lowest BCUT2D eigenvalue weighted by atomic mass is 9.68. The van der Waals surface area contributed by atoms with Gasteiger partial charge < -0.3 is 11.1 Å². The Balaban J connectivity index is 1.60. The summed E-state index contributed by atoms with van der Waals surface area (Å²) in [6.45, 7) is 5.92. The number of hydrogen-bond donors (Lipinski definition) is 2. The first-order chi connectivity index (χ1) is 6.55. The predicted octanol–water partition coefficient (Wildman–Crippen LogP) is 1.89. The largest absolute Gasteiger partial charge is 0.328 e.